The number of aromatic nitrogens is 1. The fourth-order valence-corrected chi connectivity index (χ4v) is 2.09. The fraction of sp³-hybridized carbons (Fsp3) is 0.0769. The number of nitrogens with zero attached hydrogens (tertiary/aromatic N) is 1. The van der Waals surface area contributed by atoms with Crippen LogP contribution in [0.25, 0.3) is 0 Å². The Morgan fingerprint density at radius 1 is 1.32 bits per heavy atom. The third-order valence-electron chi connectivity index (χ3n) is 2.42. The number of carbonyl (C=O) groups excluding carboxylic acids is 1. The molecule has 0 atom stereocenters. The second kappa shape index (κ2) is 5.96. The van der Waals surface area contributed by atoms with Crippen LogP contribution in [0.3, 0.4) is 0 Å². The first-order valence-corrected chi connectivity index (χ1v) is 6.59. The molecular weight excluding hydrogens is 360 g/mol. The van der Waals surface area contributed by atoms with Gasteiger partial charge in [-0.2, -0.15) is 0 Å². The molecule has 0 radical (unpaired) electrons. The zero-order valence-electron chi connectivity index (χ0n) is 10.1. The summed E-state index contributed by atoms with van der Waals surface area (Å²) < 4.78 is 13.6. The Morgan fingerprint density at radius 3 is 2.79 bits per heavy atom. The van der Waals surface area contributed by atoms with Crippen LogP contribution in [0.2, 0.25) is 0 Å². The van der Waals surface area contributed by atoms with Gasteiger partial charge in [0.05, 0.1) is 5.69 Å². The largest absolute Gasteiger partial charge is 0.373 e. The van der Waals surface area contributed by atoms with Gasteiger partial charge in [-0.1, -0.05) is 6.07 Å². The van der Waals surface area contributed by atoms with Crippen LogP contribution >= 0.6 is 22.6 Å². The highest BCUT2D eigenvalue weighted by Crippen LogP contribution is 2.19. The lowest BCUT2D eigenvalue weighted by molar-refractivity contribution is 0.102. The molecule has 0 fully saturated rings. The number of nitrogens with one attached hydrogen (secondary N) is 2. The van der Waals surface area contributed by atoms with Gasteiger partial charge in [-0.15, -0.1) is 0 Å². The summed E-state index contributed by atoms with van der Waals surface area (Å²) in [5.41, 5.74) is 0.857. The minimum absolute atomic E-state index is 0.298. The maximum Gasteiger partial charge on any atom is 0.274 e. The van der Waals surface area contributed by atoms with E-state index in [1.54, 1.807) is 25.2 Å². The van der Waals surface area contributed by atoms with E-state index in [4.69, 9.17) is 0 Å². The Balaban J connectivity index is 2.20. The van der Waals surface area contributed by atoms with Crippen LogP contribution in [-0.4, -0.2) is 17.9 Å². The lowest BCUT2D eigenvalue weighted by Gasteiger charge is -2.08. The van der Waals surface area contributed by atoms with Crippen LogP contribution in [0, 0.1) is 9.39 Å². The van der Waals surface area contributed by atoms with Gasteiger partial charge < -0.3 is 10.6 Å². The van der Waals surface area contributed by atoms with E-state index in [0.717, 1.165) is 0 Å². The molecule has 0 aliphatic carbocycles. The van der Waals surface area contributed by atoms with Gasteiger partial charge in [0.15, 0.2) is 0 Å². The third-order valence-corrected chi connectivity index (χ3v) is 3.31. The summed E-state index contributed by atoms with van der Waals surface area (Å²) in [4.78, 5) is 16.2. The maximum absolute atomic E-state index is 13.0. The van der Waals surface area contributed by atoms with Gasteiger partial charge in [-0.05, 0) is 52.9 Å². The van der Waals surface area contributed by atoms with E-state index in [0.29, 0.717) is 20.8 Å². The smallest absolute Gasteiger partial charge is 0.274 e. The van der Waals surface area contributed by atoms with Crippen molar-refractivity contribution in [3.63, 3.8) is 0 Å². The predicted molar refractivity (Wildman–Crippen MR) is 80.9 cm³/mol. The van der Waals surface area contributed by atoms with Crippen molar-refractivity contribution < 1.29 is 9.18 Å². The molecule has 0 aliphatic heterocycles. The number of carbonyl (C=O) groups is 1. The second-order valence-corrected chi connectivity index (χ2v) is 4.90. The Bertz CT molecular complexity index is 619. The zero-order chi connectivity index (χ0) is 13.8. The Morgan fingerprint density at radius 2 is 2.11 bits per heavy atom. The molecule has 4 nitrogen and oxygen atoms in total. The molecule has 0 saturated carbocycles. The van der Waals surface area contributed by atoms with Crippen molar-refractivity contribution in [1.29, 1.82) is 0 Å². The zero-order valence-corrected chi connectivity index (χ0v) is 12.2. The predicted octanol–water partition coefficient (Wildman–Crippen LogP) is 3.12. The van der Waals surface area contributed by atoms with E-state index in [1.165, 1.54) is 18.2 Å². The van der Waals surface area contributed by atoms with Gasteiger partial charge >= 0.3 is 0 Å². The first-order valence-electron chi connectivity index (χ1n) is 5.51. The van der Waals surface area contributed by atoms with Gasteiger partial charge in [-0.3, -0.25) is 4.79 Å². The third kappa shape index (κ3) is 3.40. The van der Waals surface area contributed by atoms with Gasteiger partial charge in [0.1, 0.15) is 17.3 Å². The highest BCUT2D eigenvalue weighted by molar-refractivity contribution is 14.1. The number of amides is 1. The molecule has 6 heteroatoms. The number of pyridine rings is 1. The van der Waals surface area contributed by atoms with Crippen molar-refractivity contribution in [3.05, 3.63) is 51.5 Å². The molecule has 1 heterocycles. The molecule has 1 aromatic heterocycles. The average Bonchev–Trinajstić information content (AvgIpc) is 2.42. The van der Waals surface area contributed by atoms with Crippen molar-refractivity contribution in [2.45, 2.75) is 0 Å². The summed E-state index contributed by atoms with van der Waals surface area (Å²) >= 11 is 1.97. The van der Waals surface area contributed by atoms with E-state index in [1.807, 2.05) is 22.6 Å². The molecule has 2 aromatic rings. The van der Waals surface area contributed by atoms with E-state index < -0.39 is 0 Å². The normalized spacial score (nSPS) is 10.1. The topological polar surface area (TPSA) is 54.0 Å². The van der Waals surface area contributed by atoms with Gasteiger partial charge in [-0.25, -0.2) is 9.37 Å². The molecule has 0 spiro atoms. The molecular formula is C13H11FIN3O. The van der Waals surface area contributed by atoms with Crippen LogP contribution in [-0.2, 0) is 0 Å². The summed E-state index contributed by atoms with van der Waals surface area (Å²) in [6.45, 7) is 0. The van der Waals surface area contributed by atoms with E-state index in [9.17, 15) is 9.18 Å². The highest BCUT2D eigenvalue weighted by Gasteiger charge is 2.10. The number of anilines is 2. The number of hydrogen-bond donors (Lipinski definition) is 2. The maximum atomic E-state index is 13.0. The second-order valence-electron chi connectivity index (χ2n) is 3.74. The monoisotopic (exact) mass is 371 g/mol. The molecule has 98 valence electrons. The van der Waals surface area contributed by atoms with Crippen LogP contribution < -0.4 is 10.6 Å². The molecule has 0 aliphatic rings. The van der Waals surface area contributed by atoms with Crippen molar-refractivity contribution in [2.24, 2.45) is 0 Å². The van der Waals surface area contributed by atoms with E-state index in [-0.39, 0.29) is 11.7 Å². The lowest BCUT2D eigenvalue weighted by Crippen LogP contribution is -2.15. The van der Waals surface area contributed by atoms with Crippen molar-refractivity contribution in [3.8, 4) is 0 Å². The van der Waals surface area contributed by atoms with E-state index in [2.05, 4.69) is 15.6 Å². The Hall–Kier alpha value is -1.70. The van der Waals surface area contributed by atoms with Crippen LogP contribution in [0.5, 0.6) is 0 Å². The Kier molecular flexibility index (Phi) is 4.31. The van der Waals surface area contributed by atoms with Gasteiger partial charge in [0, 0.05) is 10.6 Å². The van der Waals surface area contributed by atoms with Crippen LogP contribution in [0.4, 0.5) is 15.9 Å². The lowest BCUT2D eigenvalue weighted by atomic mass is 10.3. The van der Waals surface area contributed by atoms with Crippen molar-refractivity contribution in [2.75, 3.05) is 17.7 Å². The molecule has 0 bridgehead atoms. The molecule has 0 unspecified atom stereocenters. The quantitative estimate of drug-likeness (QED) is 0.816. The number of rotatable bonds is 3. The number of halogens is 2. The SMILES string of the molecule is CNc1cccc(C(=O)Nc2ccc(F)cc2I)n1. The molecule has 2 rings (SSSR count). The molecule has 2 N–H and O–H groups in total. The summed E-state index contributed by atoms with van der Waals surface area (Å²) in [5.74, 6) is -0.0548. The first kappa shape index (κ1) is 13.7. The van der Waals surface area contributed by atoms with Crippen molar-refractivity contribution >= 4 is 40.0 Å². The average molecular weight is 371 g/mol. The summed E-state index contributed by atoms with van der Waals surface area (Å²) in [6, 6.07) is 9.30. The minimum atomic E-state index is -0.335. The van der Waals surface area contributed by atoms with E-state index >= 15 is 0 Å². The summed E-state index contributed by atoms with van der Waals surface area (Å²) in [5, 5.41) is 5.56. The molecule has 0 saturated heterocycles. The first-order chi connectivity index (χ1) is 9.10. The minimum Gasteiger partial charge on any atom is -0.373 e. The standard InChI is InChI=1S/C13H11FIN3O/c1-16-12-4-2-3-11(17-12)13(19)18-10-6-5-8(14)7-9(10)15/h2-7H,1H3,(H,16,17)(H,18,19). The highest BCUT2D eigenvalue weighted by atomic mass is 127. The molecule has 1 amide bonds. The van der Waals surface area contributed by atoms with Gasteiger partial charge in [0.2, 0.25) is 0 Å². The fourth-order valence-electron chi connectivity index (χ4n) is 1.48. The molecule has 19 heavy (non-hydrogen) atoms. The summed E-state index contributed by atoms with van der Waals surface area (Å²) in [7, 11) is 1.73. The number of benzene rings is 1. The number of hydrogen-bond acceptors (Lipinski definition) is 3. The van der Waals surface area contributed by atoms with Crippen LogP contribution in [0.1, 0.15) is 10.5 Å². The summed E-state index contributed by atoms with van der Waals surface area (Å²) in [6.07, 6.45) is 0. The molecule has 1 aromatic carbocycles. The van der Waals surface area contributed by atoms with Crippen LogP contribution in [0.15, 0.2) is 36.4 Å². The Labute approximate surface area is 123 Å². The van der Waals surface area contributed by atoms with Crippen molar-refractivity contribution in [1.82, 2.24) is 4.98 Å². The van der Waals surface area contributed by atoms with Gasteiger partial charge in [0.25, 0.3) is 5.91 Å².